The van der Waals surface area contributed by atoms with Crippen LogP contribution in [0.5, 0.6) is 0 Å². The molecule has 0 bridgehead atoms. The molecule has 1 aliphatic rings. The molecule has 32 heavy (non-hydrogen) atoms. The lowest BCUT2D eigenvalue weighted by atomic mass is 9.98. The van der Waals surface area contributed by atoms with Crippen molar-refractivity contribution >= 4 is 18.0 Å². The minimum Gasteiger partial charge on any atom is -0.480 e. The van der Waals surface area contributed by atoms with E-state index in [9.17, 15) is 14.4 Å². The summed E-state index contributed by atoms with van der Waals surface area (Å²) in [6.45, 7) is 1.72. The van der Waals surface area contributed by atoms with Crippen molar-refractivity contribution in [1.29, 1.82) is 0 Å². The number of rotatable bonds is 10. The lowest BCUT2D eigenvalue weighted by Gasteiger charge is -2.16. The smallest absolute Gasteiger partial charge is 0.407 e. The van der Waals surface area contributed by atoms with E-state index < -0.39 is 30.6 Å². The third kappa shape index (κ3) is 5.64. The third-order valence-corrected chi connectivity index (χ3v) is 5.60. The molecule has 2 aromatic rings. The van der Waals surface area contributed by atoms with E-state index in [2.05, 4.69) is 34.9 Å². The number of aliphatic hydroxyl groups excluding tert-OH is 1. The first kappa shape index (κ1) is 23.3. The second-order valence-electron chi connectivity index (χ2n) is 7.99. The molecule has 0 spiro atoms. The van der Waals surface area contributed by atoms with Crippen LogP contribution in [-0.2, 0) is 14.3 Å². The molecule has 2 aromatic carbocycles. The first-order valence-electron chi connectivity index (χ1n) is 10.6. The van der Waals surface area contributed by atoms with Gasteiger partial charge in [-0.3, -0.25) is 4.79 Å². The molecule has 0 aliphatic heterocycles. The van der Waals surface area contributed by atoms with E-state index in [0.717, 1.165) is 22.3 Å². The molecule has 1 unspecified atom stereocenters. The molecule has 0 radical (unpaired) electrons. The number of aliphatic hydroxyl groups is 1. The van der Waals surface area contributed by atoms with Gasteiger partial charge in [0.15, 0.2) is 0 Å². The van der Waals surface area contributed by atoms with Crippen LogP contribution >= 0.6 is 0 Å². The molecule has 170 valence electrons. The number of hydrogen-bond donors (Lipinski definition) is 4. The Labute approximate surface area is 186 Å². The van der Waals surface area contributed by atoms with E-state index in [1.807, 2.05) is 31.2 Å². The average Bonchev–Trinajstić information content (AvgIpc) is 3.09. The zero-order valence-corrected chi connectivity index (χ0v) is 17.9. The van der Waals surface area contributed by atoms with Crippen molar-refractivity contribution < 1.29 is 29.3 Å². The topological polar surface area (TPSA) is 125 Å². The van der Waals surface area contributed by atoms with Gasteiger partial charge in [0.25, 0.3) is 0 Å². The summed E-state index contributed by atoms with van der Waals surface area (Å²) in [6, 6.07) is 14.9. The van der Waals surface area contributed by atoms with Gasteiger partial charge >= 0.3 is 12.1 Å². The molecule has 0 heterocycles. The van der Waals surface area contributed by atoms with Gasteiger partial charge in [0.1, 0.15) is 12.6 Å². The van der Waals surface area contributed by atoms with Crippen molar-refractivity contribution in [2.24, 2.45) is 5.92 Å². The maximum Gasteiger partial charge on any atom is 0.407 e. The lowest BCUT2D eigenvalue weighted by molar-refractivity contribution is -0.143. The fourth-order valence-electron chi connectivity index (χ4n) is 3.93. The van der Waals surface area contributed by atoms with Gasteiger partial charge in [-0.2, -0.15) is 0 Å². The average molecular weight is 440 g/mol. The summed E-state index contributed by atoms with van der Waals surface area (Å²) in [4.78, 5) is 34.9. The first-order chi connectivity index (χ1) is 15.4. The van der Waals surface area contributed by atoms with Gasteiger partial charge in [-0.25, -0.2) is 9.59 Å². The maximum atomic E-state index is 12.2. The minimum absolute atomic E-state index is 0.00975. The van der Waals surface area contributed by atoms with Gasteiger partial charge < -0.3 is 25.6 Å². The van der Waals surface area contributed by atoms with E-state index in [4.69, 9.17) is 14.9 Å². The Morgan fingerprint density at radius 1 is 1.03 bits per heavy atom. The Bertz CT molecular complexity index is 931. The Morgan fingerprint density at radius 2 is 1.62 bits per heavy atom. The predicted molar refractivity (Wildman–Crippen MR) is 118 cm³/mol. The van der Waals surface area contributed by atoms with E-state index >= 15 is 0 Å². The molecule has 2 amide bonds. The monoisotopic (exact) mass is 440 g/mol. The number of nitrogens with one attached hydrogen (secondary N) is 2. The Balaban J connectivity index is 1.42. The number of ether oxygens (including phenoxy) is 1. The summed E-state index contributed by atoms with van der Waals surface area (Å²) in [5.74, 6) is -1.84. The number of aliphatic carboxylic acids is 1. The van der Waals surface area contributed by atoms with Crippen LogP contribution in [0.15, 0.2) is 48.5 Å². The zero-order chi connectivity index (χ0) is 23.1. The highest BCUT2D eigenvalue weighted by Gasteiger charge is 2.29. The number of alkyl carbamates (subject to hydrolysis) is 1. The van der Waals surface area contributed by atoms with Crippen molar-refractivity contribution in [1.82, 2.24) is 10.6 Å². The van der Waals surface area contributed by atoms with Crippen molar-refractivity contribution in [2.45, 2.75) is 31.7 Å². The van der Waals surface area contributed by atoms with Crippen molar-refractivity contribution in [3.8, 4) is 11.1 Å². The molecule has 0 saturated heterocycles. The van der Waals surface area contributed by atoms with Crippen molar-refractivity contribution in [3.63, 3.8) is 0 Å². The normalized spacial score (nSPS) is 14.1. The van der Waals surface area contributed by atoms with Gasteiger partial charge in [-0.15, -0.1) is 0 Å². The van der Waals surface area contributed by atoms with Crippen LogP contribution in [0.4, 0.5) is 4.79 Å². The largest absolute Gasteiger partial charge is 0.480 e. The van der Waals surface area contributed by atoms with Crippen LogP contribution in [0.2, 0.25) is 0 Å². The molecule has 3 rings (SSSR count). The summed E-state index contributed by atoms with van der Waals surface area (Å²) >= 11 is 0. The quantitative estimate of drug-likeness (QED) is 0.450. The molecule has 2 atom stereocenters. The summed E-state index contributed by atoms with van der Waals surface area (Å²) in [6.07, 6.45) is 0.0969. The molecule has 0 saturated carbocycles. The number of carboxylic acids is 1. The van der Waals surface area contributed by atoms with Gasteiger partial charge in [0.2, 0.25) is 5.91 Å². The fourth-order valence-corrected chi connectivity index (χ4v) is 3.93. The molecule has 4 N–H and O–H groups in total. The van der Waals surface area contributed by atoms with E-state index in [1.54, 1.807) is 0 Å². The molecule has 0 fully saturated rings. The number of carbonyl (C=O) groups excluding carboxylic acids is 2. The van der Waals surface area contributed by atoms with Crippen molar-refractivity contribution in [2.75, 3.05) is 19.8 Å². The molecule has 0 aromatic heterocycles. The zero-order valence-electron chi connectivity index (χ0n) is 17.9. The molecule has 1 aliphatic carbocycles. The standard InChI is InChI=1S/C24H28N2O6/c1-15(12-22(28)26-21(13-27)23(29)30)10-11-25-24(31)32-14-20-18-8-4-2-6-16(18)17-7-3-5-9-19(17)20/h2-9,15,20-21,27H,10-14H2,1H3,(H,25,31)(H,26,28)(H,29,30)/t15?,21-/m1/s1. The highest BCUT2D eigenvalue weighted by molar-refractivity contribution is 5.83. The molecular weight excluding hydrogens is 412 g/mol. The van der Waals surface area contributed by atoms with Crippen LogP contribution in [-0.4, -0.2) is 54.0 Å². The maximum absolute atomic E-state index is 12.2. The summed E-state index contributed by atoms with van der Waals surface area (Å²) in [5, 5.41) is 22.8. The Kier molecular flexibility index (Phi) is 7.83. The van der Waals surface area contributed by atoms with Crippen LogP contribution in [0.1, 0.15) is 36.8 Å². The second kappa shape index (κ2) is 10.8. The minimum atomic E-state index is -1.31. The number of carboxylic acid groups (broad SMARTS) is 1. The van der Waals surface area contributed by atoms with Crippen LogP contribution < -0.4 is 10.6 Å². The van der Waals surface area contributed by atoms with Gasteiger partial charge in [0, 0.05) is 18.9 Å². The molecular formula is C24H28N2O6. The fraction of sp³-hybridized carbons (Fsp3) is 0.375. The van der Waals surface area contributed by atoms with E-state index in [1.165, 1.54) is 0 Å². The van der Waals surface area contributed by atoms with Crippen LogP contribution in [0, 0.1) is 5.92 Å². The Hall–Kier alpha value is -3.39. The number of hydrogen-bond acceptors (Lipinski definition) is 5. The van der Waals surface area contributed by atoms with Gasteiger partial charge in [-0.1, -0.05) is 55.5 Å². The lowest BCUT2D eigenvalue weighted by Crippen LogP contribution is -2.43. The van der Waals surface area contributed by atoms with Crippen LogP contribution in [0.3, 0.4) is 0 Å². The highest BCUT2D eigenvalue weighted by Crippen LogP contribution is 2.44. The van der Waals surface area contributed by atoms with Gasteiger partial charge in [-0.05, 0) is 34.6 Å². The van der Waals surface area contributed by atoms with Crippen molar-refractivity contribution in [3.05, 3.63) is 59.7 Å². The number of benzene rings is 2. The third-order valence-electron chi connectivity index (χ3n) is 5.60. The number of fused-ring (bicyclic) bond motifs is 3. The van der Waals surface area contributed by atoms with Crippen LogP contribution in [0.25, 0.3) is 11.1 Å². The summed E-state index contributed by atoms with van der Waals surface area (Å²) in [7, 11) is 0. The summed E-state index contributed by atoms with van der Waals surface area (Å²) < 4.78 is 5.47. The highest BCUT2D eigenvalue weighted by atomic mass is 16.5. The second-order valence-corrected chi connectivity index (χ2v) is 7.99. The number of amides is 2. The van der Waals surface area contributed by atoms with Gasteiger partial charge in [0.05, 0.1) is 6.61 Å². The van der Waals surface area contributed by atoms with E-state index in [-0.39, 0.29) is 24.9 Å². The predicted octanol–water partition coefficient (Wildman–Crippen LogP) is 2.50. The SMILES string of the molecule is CC(CCNC(=O)OCC1c2ccccc2-c2ccccc21)CC(=O)N[C@H](CO)C(=O)O. The number of carbonyl (C=O) groups is 3. The first-order valence-corrected chi connectivity index (χ1v) is 10.6. The molecule has 8 nitrogen and oxygen atoms in total. The Morgan fingerprint density at radius 3 is 2.19 bits per heavy atom. The summed E-state index contributed by atoms with van der Waals surface area (Å²) in [5.41, 5.74) is 4.61. The molecule has 8 heteroatoms. The van der Waals surface area contributed by atoms with E-state index in [0.29, 0.717) is 13.0 Å².